The van der Waals surface area contributed by atoms with Crippen molar-refractivity contribution in [3.63, 3.8) is 0 Å². The Labute approximate surface area is 163 Å². The third-order valence-corrected chi connectivity index (χ3v) is 4.56. The van der Waals surface area contributed by atoms with Gasteiger partial charge < -0.3 is 14.1 Å². The molecule has 0 saturated carbocycles. The van der Waals surface area contributed by atoms with Gasteiger partial charge in [-0.1, -0.05) is 11.6 Å². The summed E-state index contributed by atoms with van der Waals surface area (Å²) in [6.07, 6.45) is 2.96. The van der Waals surface area contributed by atoms with Crippen molar-refractivity contribution in [2.24, 2.45) is 0 Å². The van der Waals surface area contributed by atoms with E-state index in [1.54, 1.807) is 6.07 Å². The largest absolute Gasteiger partial charge is 0.433 e. The summed E-state index contributed by atoms with van der Waals surface area (Å²) in [5.41, 5.74) is 0.798. The first kappa shape index (κ1) is 18.3. The predicted molar refractivity (Wildman–Crippen MR) is 102 cm³/mol. The van der Waals surface area contributed by atoms with Gasteiger partial charge in [0.1, 0.15) is 21.7 Å². The fourth-order valence-corrected chi connectivity index (χ4v) is 3.16. The Bertz CT molecular complexity index is 1080. The van der Waals surface area contributed by atoms with Crippen LogP contribution >= 0.6 is 11.6 Å². The van der Waals surface area contributed by atoms with E-state index in [1.807, 2.05) is 4.90 Å². The molecule has 0 radical (unpaired) electrons. The topological polar surface area (TPSA) is 94.5 Å². The molecular formula is C18H14ClFN4O4. The van der Waals surface area contributed by atoms with E-state index in [1.165, 1.54) is 30.4 Å². The monoisotopic (exact) mass is 404 g/mol. The molecule has 0 amide bonds. The zero-order valence-electron chi connectivity index (χ0n) is 14.5. The van der Waals surface area contributed by atoms with Crippen molar-refractivity contribution < 1.29 is 18.5 Å². The van der Waals surface area contributed by atoms with Gasteiger partial charge in [-0.15, -0.1) is 0 Å². The molecular weight excluding hydrogens is 391 g/mol. The Morgan fingerprint density at radius 2 is 2.00 bits per heavy atom. The number of hydrogen-bond acceptors (Lipinski definition) is 7. The molecule has 144 valence electrons. The SMILES string of the molecule is O=[N+]([O-])c1ccc(/C=C/c2nc(Cl)c3cc(N4CCOCC4)c(F)cc3n2)o1. The first-order chi connectivity index (χ1) is 13.5. The average Bonchev–Trinajstić information content (AvgIpc) is 3.16. The Morgan fingerprint density at radius 3 is 2.71 bits per heavy atom. The molecule has 1 saturated heterocycles. The van der Waals surface area contributed by atoms with Crippen molar-refractivity contribution in [3.8, 4) is 0 Å². The number of morpholine rings is 1. The summed E-state index contributed by atoms with van der Waals surface area (Å²) in [4.78, 5) is 20.4. The molecule has 0 N–H and O–H groups in total. The minimum absolute atomic E-state index is 0.185. The number of rotatable bonds is 4. The molecule has 2 aromatic heterocycles. The molecule has 0 atom stereocenters. The summed E-state index contributed by atoms with van der Waals surface area (Å²) in [6.45, 7) is 2.26. The standard InChI is InChI=1S/C18H14ClFN4O4/c19-18-12-9-15(23-5-7-27-8-6-23)13(20)10-14(12)21-16(22-18)3-1-11-2-4-17(28-11)24(25)26/h1-4,9-10H,5-8H2/b3-1+. The normalized spacial score (nSPS) is 14.9. The number of halogens is 2. The van der Waals surface area contributed by atoms with Crippen LogP contribution in [0, 0.1) is 15.9 Å². The maximum atomic E-state index is 14.6. The zero-order chi connectivity index (χ0) is 19.7. The molecule has 0 bridgehead atoms. The quantitative estimate of drug-likeness (QED) is 0.369. The van der Waals surface area contributed by atoms with Gasteiger partial charge in [-0.2, -0.15) is 0 Å². The van der Waals surface area contributed by atoms with Gasteiger partial charge in [-0.05, 0) is 24.3 Å². The van der Waals surface area contributed by atoms with E-state index in [4.69, 9.17) is 20.8 Å². The molecule has 1 fully saturated rings. The van der Waals surface area contributed by atoms with Gasteiger partial charge in [0.25, 0.3) is 0 Å². The Balaban J connectivity index is 1.65. The third-order valence-electron chi connectivity index (χ3n) is 4.28. The van der Waals surface area contributed by atoms with Gasteiger partial charge in [-0.25, -0.2) is 14.4 Å². The first-order valence-corrected chi connectivity index (χ1v) is 8.81. The van der Waals surface area contributed by atoms with Crippen LogP contribution in [0.5, 0.6) is 0 Å². The van der Waals surface area contributed by atoms with Crippen LogP contribution in [-0.4, -0.2) is 41.2 Å². The van der Waals surface area contributed by atoms with Crippen molar-refractivity contribution in [1.29, 1.82) is 0 Å². The maximum Gasteiger partial charge on any atom is 0.433 e. The molecule has 3 heterocycles. The number of aromatic nitrogens is 2. The minimum Gasteiger partial charge on any atom is -0.401 e. The van der Waals surface area contributed by atoms with E-state index in [-0.39, 0.29) is 22.6 Å². The lowest BCUT2D eigenvalue weighted by molar-refractivity contribution is -0.402. The summed E-state index contributed by atoms with van der Waals surface area (Å²) in [5.74, 6) is -0.272. The summed E-state index contributed by atoms with van der Waals surface area (Å²) in [5, 5.41) is 11.4. The van der Waals surface area contributed by atoms with E-state index >= 15 is 0 Å². The minimum atomic E-state index is -0.629. The highest BCUT2D eigenvalue weighted by atomic mass is 35.5. The molecule has 1 aliphatic heterocycles. The van der Waals surface area contributed by atoms with Crippen LogP contribution in [-0.2, 0) is 4.74 Å². The average molecular weight is 405 g/mol. The van der Waals surface area contributed by atoms with Crippen LogP contribution < -0.4 is 4.90 Å². The molecule has 0 aliphatic carbocycles. The van der Waals surface area contributed by atoms with E-state index in [9.17, 15) is 14.5 Å². The van der Waals surface area contributed by atoms with E-state index in [0.29, 0.717) is 42.9 Å². The molecule has 10 heteroatoms. The van der Waals surface area contributed by atoms with Gasteiger partial charge in [0, 0.05) is 24.5 Å². The summed E-state index contributed by atoms with van der Waals surface area (Å²) >= 11 is 6.29. The number of benzene rings is 1. The highest BCUT2D eigenvalue weighted by Crippen LogP contribution is 2.29. The first-order valence-electron chi connectivity index (χ1n) is 8.43. The van der Waals surface area contributed by atoms with Gasteiger partial charge >= 0.3 is 5.88 Å². The van der Waals surface area contributed by atoms with Crippen LogP contribution in [0.4, 0.5) is 16.0 Å². The molecule has 1 aliphatic rings. The number of furan rings is 1. The number of anilines is 1. The van der Waals surface area contributed by atoms with Crippen molar-refractivity contribution >= 4 is 46.2 Å². The highest BCUT2D eigenvalue weighted by Gasteiger charge is 2.18. The predicted octanol–water partition coefficient (Wildman–Crippen LogP) is 3.93. The van der Waals surface area contributed by atoms with E-state index in [2.05, 4.69) is 9.97 Å². The third kappa shape index (κ3) is 3.67. The van der Waals surface area contributed by atoms with Gasteiger partial charge in [0.05, 0.1) is 30.5 Å². The van der Waals surface area contributed by atoms with Crippen molar-refractivity contribution in [2.75, 3.05) is 31.2 Å². The van der Waals surface area contributed by atoms with Crippen LogP contribution in [0.2, 0.25) is 5.15 Å². The molecule has 0 spiro atoms. The second-order valence-corrected chi connectivity index (χ2v) is 6.42. The van der Waals surface area contributed by atoms with Crippen LogP contribution in [0.1, 0.15) is 11.6 Å². The van der Waals surface area contributed by atoms with E-state index < -0.39 is 10.7 Å². The van der Waals surface area contributed by atoms with Crippen LogP contribution in [0.15, 0.2) is 28.7 Å². The zero-order valence-corrected chi connectivity index (χ0v) is 15.2. The number of hydrogen-bond donors (Lipinski definition) is 0. The lowest BCUT2D eigenvalue weighted by Crippen LogP contribution is -2.36. The van der Waals surface area contributed by atoms with Gasteiger partial charge in [0.2, 0.25) is 0 Å². The highest BCUT2D eigenvalue weighted by molar-refractivity contribution is 6.34. The van der Waals surface area contributed by atoms with Gasteiger partial charge in [0.15, 0.2) is 5.82 Å². The Hall–Kier alpha value is -3.04. The second kappa shape index (κ2) is 7.53. The smallest absolute Gasteiger partial charge is 0.401 e. The Kier molecular flexibility index (Phi) is 4.93. The lowest BCUT2D eigenvalue weighted by atomic mass is 10.2. The van der Waals surface area contributed by atoms with Crippen LogP contribution in [0.25, 0.3) is 23.1 Å². The fraction of sp³-hybridized carbons (Fsp3) is 0.222. The fourth-order valence-electron chi connectivity index (χ4n) is 2.93. The van der Waals surface area contributed by atoms with Crippen LogP contribution in [0.3, 0.4) is 0 Å². The molecule has 8 nitrogen and oxygen atoms in total. The Morgan fingerprint density at radius 1 is 1.21 bits per heavy atom. The second-order valence-electron chi connectivity index (χ2n) is 6.06. The summed E-state index contributed by atoms with van der Waals surface area (Å²) < 4.78 is 24.9. The molecule has 28 heavy (non-hydrogen) atoms. The summed E-state index contributed by atoms with van der Waals surface area (Å²) in [7, 11) is 0. The number of fused-ring (bicyclic) bond motifs is 1. The lowest BCUT2D eigenvalue weighted by Gasteiger charge is -2.29. The maximum absolute atomic E-state index is 14.6. The number of ether oxygens (including phenoxy) is 1. The summed E-state index contributed by atoms with van der Waals surface area (Å²) in [6, 6.07) is 5.66. The van der Waals surface area contributed by atoms with E-state index in [0.717, 1.165) is 0 Å². The van der Waals surface area contributed by atoms with Crippen molar-refractivity contribution in [2.45, 2.75) is 0 Å². The van der Waals surface area contributed by atoms with Crippen molar-refractivity contribution in [1.82, 2.24) is 9.97 Å². The number of nitrogens with zero attached hydrogens (tertiary/aromatic N) is 4. The van der Waals surface area contributed by atoms with Gasteiger partial charge in [-0.3, -0.25) is 10.1 Å². The molecule has 3 aromatic rings. The molecule has 0 unspecified atom stereocenters. The molecule has 4 rings (SSSR count). The molecule has 1 aromatic carbocycles. The van der Waals surface area contributed by atoms with Crippen molar-refractivity contribution in [3.05, 3.63) is 56.9 Å². The number of nitro groups is 1.